The Balaban J connectivity index is 1.82. The molecule has 0 fully saturated rings. The third kappa shape index (κ3) is 4.25. The normalized spacial score (nSPS) is 14.7. The Morgan fingerprint density at radius 2 is 1.71 bits per heavy atom. The first-order chi connectivity index (χ1) is 15.1. The molecular weight excluding hydrogens is 456 g/mol. The van der Waals surface area contributed by atoms with E-state index in [-0.39, 0.29) is 5.91 Å². The average Bonchev–Trinajstić information content (AvgIpc) is 3.12. The number of hydrogen-bond acceptors (Lipinski definition) is 4. The highest BCUT2D eigenvalue weighted by molar-refractivity contribution is 9.10. The molecule has 1 amide bonds. The standard InChI is InChI=1S/C25H21BrN2O3/c1-3-31-24-21(26)15-17(16-22(24)30-2)14-20-23(18-10-6-4-7-11-18)27-28(25(20)29)19-12-8-5-9-13-19/h4-16H,3H2,1-2H3/b20-14-. The first kappa shape index (κ1) is 20.9. The van der Waals surface area contributed by atoms with Gasteiger partial charge in [0.1, 0.15) is 5.71 Å². The molecule has 0 unspecified atom stereocenters. The molecule has 156 valence electrons. The number of para-hydroxylation sites is 1. The summed E-state index contributed by atoms with van der Waals surface area (Å²) in [6.07, 6.45) is 1.83. The van der Waals surface area contributed by atoms with Crippen LogP contribution in [0.2, 0.25) is 0 Å². The minimum atomic E-state index is -0.186. The van der Waals surface area contributed by atoms with Crippen LogP contribution in [0.4, 0.5) is 5.69 Å². The second-order valence-corrected chi connectivity index (χ2v) is 7.65. The molecule has 0 bridgehead atoms. The van der Waals surface area contributed by atoms with Crippen molar-refractivity contribution in [2.75, 3.05) is 18.7 Å². The summed E-state index contributed by atoms with van der Waals surface area (Å²) < 4.78 is 11.9. The molecule has 3 aromatic rings. The zero-order valence-corrected chi connectivity index (χ0v) is 18.8. The Morgan fingerprint density at radius 1 is 1.03 bits per heavy atom. The summed E-state index contributed by atoms with van der Waals surface area (Å²) >= 11 is 3.55. The van der Waals surface area contributed by atoms with E-state index in [4.69, 9.17) is 9.47 Å². The number of nitrogens with zero attached hydrogens (tertiary/aromatic N) is 2. The number of methoxy groups -OCH3 is 1. The van der Waals surface area contributed by atoms with Crippen LogP contribution in [-0.2, 0) is 4.79 Å². The number of ether oxygens (including phenoxy) is 2. The molecule has 0 atom stereocenters. The lowest BCUT2D eigenvalue weighted by Crippen LogP contribution is -2.21. The molecule has 1 aliphatic rings. The highest BCUT2D eigenvalue weighted by atomic mass is 79.9. The summed E-state index contributed by atoms with van der Waals surface area (Å²) in [4.78, 5) is 13.4. The predicted octanol–water partition coefficient (Wildman–Crippen LogP) is 5.69. The molecule has 0 aliphatic carbocycles. The maximum atomic E-state index is 13.4. The number of anilines is 1. The number of carbonyl (C=O) groups excluding carboxylic acids is 1. The van der Waals surface area contributed by atoms with Crippen LogP contribution in [0.15, 0.2) is 87.9 Å². The number of amides is 1. The van der Waals surface area contributed by atoms with E-state index in [1.807, 2.05) is 85.8 Å². The van der Waals surface area contributed by atoms with Gasteiger partial charge in [-0.05, 0) is 58.8 Å². The molecule has 31 heavy (non-hydrogen) atoms. The van der Waals surface area contributed by atoms with Gasteiger partial charge in [0.05, 0.1) is 29.4 Å². The van der Waals surface area contributed by atoms with Crippen molar-refractivity contribution in [1.82, 2.24) is 0 Å². The number of rotatable bonds is 6. The van der Waals surface area contributed by atoms with E-state index in [2.05, 4.69) is 21.0 Å². The minimum absolute atomic E-state index is 0.186. The van der Waals surface area contributed by atoms with E-state index >= 15 is 0 Å². The molecule has 1 aliphatic heterocycles. The summed E-state index contributed by atoms with van der Waals surface area (Å²) in [6, 6.07) is 22.9. The van der Waals surface area contributed by atoms with Gasteiger partial charge in [-0.1, -0.05) is 48.5 Å². The van der Waals surface area contributed by atoms with E-state index < -0.39 is 0 Å². The Kier molecular flexibility index (Phi) is 6.18. The van der Waals surface area contributed by atoms with Gasteiger partial charge < -0.3 is 9.47 Å². The van der Waals surface area contributed by atoms with Crippen LogP contribution < -0.4 is 14.5 Å². The molecule has 0 spiro atoms. The van der Waals surface area contributed by atoms with Crippen molar-refractivity contribution in [3.8, 4) is 11.5 Å². The van der Waals surface area contributed by atoms with Gasteiger partial charge in [0.2, 0.25) is 0 Å². The largest absolute Gasteiger partial charge is 0.493 e. The Labute approximate surface area is 189 Å². The highest BCUT2D eigenvalue weighted by Crippen LogP contribution is 2.38. The van der Waals surface area contributed by atoms with E-state index in [9.17, 15) is 4.79 Å². The van der Waals surface area contributed by atoms with Crippen LogP contribution in [0.3, 0.4) is 0 Å². The first-order valence-electron chi connectivity index (χ1n) is 9.88. The van der Waals surface area contributed by atoms with Gasteiger partial charge in [0.15, 0.2) is 11.5 Å². The van der Waals surface area contributed by atoms with Gasteiger partial charge >= 0.3 is 0 Å². The van der Waals surface area contributed by atoms with Crippen molar-refractivity contribution >= 4 is 39.3 Å². The smallest absolute Gasteiger partial charge is 0.281 e. The fourth-order valence-corrected chi connectivity index (χ4v) is 3.95. The minimum Gasteiger partial charge on any atom is -0.493 e. The summed E-state index contributed by atoms with van der Waals surface area (Å²) in [5, 5.41) is 6.10. The van der Waals surface area contributed by atoms with Crippen LogP contribution in [0.1, 0.15) is 18.1 Å². The molecule has 0 saturated heterocycles. The van der Waals surface area contributed by atoms with Crippen LogP contribution >= 0.6 is 15.9 Å². The van der Waals surface area contributed by atoms with Gasteiger partial charge in [0, 0.05) is 5.56 Å². The lowest BCUT2D eigenvalue weighted by atomic mass is 10.00. The van der Waals surface area contributed by atoms with Crippen LogP contribution in [0, 0.1) is 0 Å². The third-order valence-electron chi connectivity index (χ3n) is 4.78. The van der Waals surface area contributed by atoms with Crippen molar-refractivity contribution in [1.29, 1.82) is 0 Å². The van der Waals surface area contributed by atoms with Gasteiger partial charge in [-0.25, -0.2) is 0 Å². The molecule has 1 heterocycles. The van der Waals surface area contributed by atoms with Gasteiger partial charge in [0.25, 0.3) is 5.91 Å². The van der Waals surface area contributed by atoms with Gasteiger partial charge in [-0.2, -0.15) is 10.1 Å². The zero-order chi connectivity index (χ0) is 21.8. The molecule has 5 nitrogen and oxygen atoms in total. The maximum Gasteiger partial charge on any atom is 0.281 e. The van der Waals surface area contributed by atoms with Gasteiger partial charge in [-0.3, -0.25) is 4.79 Å². The van der Waals surface area contributed by atoms with Crippen molar-refractivity contribution in [2.24, 2.45) is 5.10 Å². The van der Waals surface area contributed by atoms with E-state index in [0.717, 1.165) is 21.3 Å². The fourth-order valence-electron chi connectivity index (χ4n) is 3.37. The maximum absolute atomic E-state index is 13.4. The zero-order valence-electron chi connectivity index (χ0n) is 17.2. The third-order valence-corrected chi connectivity index (χ3v) is 5.37. The highest BCUT2D eigenvalue weighted by Gasteiger charge is 2.32. The number of hydrazone groups is 1. The second-order valence-electron chi connectivity index (χ2n) is 6.79. The van der Waals surface area contributed by atoms with Crippen molar-refractivity contribution < 1.29 is 14.3 Å². The molecule has 0 aromatic heterocycles. The summed E-state index contributed by atoms with van der Waals surface area (Å²) in [5.74, 6) is 1.04. The Bertz CT molecular complexity index is 1160. The number of hydrogen-bond donors (Lipinski definition) is 0. The molecule has 3 aromatic carbocycles. The Morgan fingerprint density at radius 3 is 2.35 bits per heavy atom. The van der Waals surface area contributed by atoms with E-state index in [0.29, 0.717) is 29.4 Å². The summed E-state index contributed by atoms with van der Waals surface area (Å²) in [5.41, 5.74) is 3.52. The predicted molar refractivity (Wildman–Crippen MR) is 127 cm³/mol. The lowest BCUT2D eigenvalue weighted by Gasteiger charge is -2.13. The second kappa shape index (κ2) is 9.18. The molecule has 0 N–H and O–H groups in total. The summed E-state index contributed by atoms with van der Waals surface area (Å²) in [6.45, 7) is 2.43. The van der Waals surface area contributed by atoms with Gasteiger partial charge in [-0.15, -0.1) is 0 Å². The number of benzene rings is 3. The monoisotopic (exact) mass is 476 g/mol. The number of carbonyl (C=O) groups is 1. The molecule has 0 saturated carbocycles. The summed E-state index contributed by atoms with van der Waals surface area (Å²) in [7, 11) is 1.59. The van der Waals surface area contributed by atoms with Crippen molar-refractivity contribution in [3.05, 3.63) is 94.0 Å². The molecule has 0 radical (unpaired) electrons. The quantitative estimate of drug-likeness (QED) is 0.429. The molecular formula is C25H21BrN2O3. The van der Waals surface area contributed by atoms with Crippen molar-refractivity contribution in [3.63, 3.8) is 0 Å². The topological polar surface area (TPSA) is 51.1 Å². The molecule has 4 rings (SSSR count). The van der Waals surface area contributed by atoms with Crippen LogP contribution in [-0.4, -0.2) is 25.3 Å². The van der Waals surface area contributed by atoms with Crippen molar-refractivity contribution in [2.45, 2.75) is 6.92 Å². The average molecular weight is 477 g/mol. The fraction of sp³-hybridized carbons (Fsp3) is 0.120. The molecule has 6 heteroatoms. The lowest BCUT2D eigenvalue weighted by molar-refractivity contribution is -0.114. The van der Waals surface area contributed by atoms with E-state index in [1.165, 1.54) is 5.01 Å². The number of halogens is 1. The van der Waals surface area contributed by atoms with E-state index in [1.54, 1.807) is 7.11 Å². The first-order valence-corrected chi connectivity index (χ1v) is 10.7. The van der Waals surface area contributed by atoms with Crippen LogP contribution in [0.25, 0.3) is 6.08 Å². The van der Waals surface area contributed by atoms with Crippen LogP contribution in [0.5, 0.6) is 11.5 Å². The SMILES string of the molecule is CCOc1c(Br)cc(/C=C2\C(=O)N(c3ccccc3)N=C2c2ccccc2)cc1OC. The Hall–Kier alpha value is -3.38.